The molecule has 1 atom stereocenters. The zero-order valence-corrected chi connectivity index (χ0v) is 10.6. The van der Waals surface area contributed by atoms with Gasteiger partial charge in [-0.3, -0.25) is 0 Å². The van der Waals surface area contributed by atoms with Crippen molar-refractivity contribution in [2.75, 3.05) is 13.2 Å². The van der Waals surface area contributed by atoms with Gasteiger partial charge in [-0.05, 0) is 11.6 Å². The average Bonchev–Trinajstić information content (AvgIpc) is 2.31. The van der Waals surface area contributed by atoms with E-state index in [0.29, 0.717) is 10.6 Å². The molecule has 0 bridgehead atoms. The van der Waals surface area contributed by atoms with Crippen LogP contribution in [0, 0.1) is 0 Å². The van der Waals surface area contributed by atoms with Crippen LogP contribution in [0.5, 0.6) is 0 Å². The third-order valence-electron chi connectivity index (χ3n) is 2.34. The minimum absolute atomic E-state index is 0.0971. The van der Waals surface area contributed by atoms with Crippen LogP contribution in [-0.4, -0.2) is 36.8 Å². The van der Waals surface area contributed by atoms with Crippen molar-refractivity contribution in [3.05, 3.63) is 34.9 Å². The molecule has 0 aliphatic heterocycles. The molecule has 0 aliphatic carbocycles. The van der Waals surface area contributed by atoms with E-state index in [2.05, 4.69) is 4.74 Å². The summed E-state index contributed by atoms with van der Waals surface area (Å²) in [7, 11) is 0. The van der Waals surface area contributed by atoms with Crippen molar-refractivity contribution in [2.45, 2.75) is 24.9 Å². The molecule has 0 aliphatic rings. The molecule has 0 heterocycles. The van der Waals surface area contributed by atoms with Crippen LogP contribution in [0.1, 0.15) is 5.56 Å². The molecule has 1 rings (SSSR count). The summed E-state index contributed by atoms with van der Waals surface area (Å²) >= 11 is 5.85. The minimum Gasteiger partial charge on any atom is -0.390 e. The molecule has 108 valence electrons. The Morgan fingerprint density at radius 1 is 1.26 bits per heavy atom. The van der Waals surface area contributed by atoms with Crippen LogP contribution in [0.4, 0.5) is 17.6 Å². The van der Waals surface area contributed by atoms with E-state index < -0.39 is 31.7 Å². The van der Waals surface area contributed by atoms with E-state index in [1.807, 2.05) is 0 Å². The zero-order valence-electron chi connectivity index (χ0n) is 9.83. The lowest BCUT2D eigenvalue weighted by atomic mass is 10.1. The smallest absolute Gasteiger partial charge is 0.330 e. The molecule has 1 N–H and O–H groups in total. The first-order chi connectivity index (χ1) is 8.83. The maximum atomic E-state index is 12.5. The number of halogens is 5. The Kier molecular flexibility index (Phi) is 6.03. The maximum Gasteiger partial charge on any atom is 0.330 e. The number of ether oxygens (including phenoxy) is 1. The second kappa shape index (κ2) is 7.07. The van der Waals surface area contributed by atoms with Gasteiger partial charge in [-0.25, -0.2) is 8.78 Å². The number of hydrogen-bond donors (Lipinski definition) is 1. The van der Waals surface area contributed by atoms with Crippen LogP contribution in [-0.2, 0) is 11.2 Å². The highest BCUT2D eigenvalue weighted by molar-refractivity contribution is 6.31. The number of hydrogen-bond acceptors (Lipinski definition) is 2. The largest absolute Gasteiger partial charge is 0.390 e. The lowest BCUT2D eigenvalue weighted by molar-refractivity contribution is -0.170. The van der Waals surface area contributed by atoms with Crippen LogP contribution in [0.2, 0.25) is 5.02 Å². The number of alkyl halides is 4. The fourth-order valence-electron chi connectivity index (χ4n) is 1.37. The second-order valence-corrected chi connectivity index (χ2v) is 4.43. The van der Waals surface area contributed by atoms with Crippen LogP contribution in [0.3, 0.4) is 0 Å². The molecule has 0 spiro atoms. The van der Waals surface area contributed by atoms with Gasteiger partial charge in [0.15, 0.2) is 0 Å². The Hall–Kier alpha value is -0.850. The first-order valence-corrected chi connectivity index (χ1v) is 5.86. The predicted octanol–water partition coefficient (Wildman–Crippen LogP) is 3.16. The van der Waals surface area contributed by atoms with E-state index in [0.717, 1.165) is 0 Å². The summed E-state index contributed by atoms with van der Waals surface area (Å²) < 4.78 is 53.1. The van der Waals surface area contributed by atoms with Crippen LogP contribution >= 0.6 is 11.6 Å². The van der Waals surface area contributed by atoms with Gasteiger partial charge in [0, 0.05) is 11.4 Å². The fourth-order valence-corrected chi connectivity index (χ4v) is 1.58. The van der Waals surface area contributed by atoms with Crippen molar-refractivity contribution in [3.8, 4) is 0 Å². The number of aliphatic hydroxyl groups is 1. The Bertz CT molecular complexity index is 401. The quantitative estimate of drug-likeness (QED) is 0.784. The summed E-state index contributed by atoms with van der Waals surface area (Å²) in [5.74, 6) is -4.20. The third-order valence-corrected chi connectivity index (χ3v) is 2.71. The van der Waals surface area contributed by atoms with Gasteiger partial charge in [-0.15, -0.1) is 0 Å². The van der Waals surface area contributed by atoms with E-state index >= 15 is 0 Å². The predicted molar refractivity (Wildman–Crippen MR) is 62.9 cm³/mol. The normalized spacial score (nSPS) is 13.8. The van der Waals surface area contributed by atoms with Gasteiger partial charge >= 0.3 is 12.3 Å². The molecule has 0 saturated carbocycles. The van der Waals surface area contributed by atoms with E-state index in [-0.39, 0.29) is 6.42 Å². The SMILES string of the molecule is OC(COCC(F)(F)C(F)F)Cc1ccccc1Cl. The van der Waals surface area contributed by atoms with Crippen molar-refractivity contribution in [1.29, 1.82) is 0 Å². The molecular weight excluding hydrogens is 288 g/mol. The topological polar surface area (TPSA) is 29.5 Å². The van der Waals surface area contributed by atoms with Crippen molar-refractivity contribution in [1.82, 2.24) is 0 Å². The maximum absolute atomic E-state index is 12.5. The third kappa shape index (κ3) is 5.34. The highest BCUT2D eigenvalue weighted by atomic mass is 35.5. The molecular formula is C12H13ClF4O2. The van der Waals surface area contributed by atoms with Gasteiger partial charge < -0.3 is 9.84 Å². The first-order valence-electron chi connectivity index (χ1n) is 5.48. The van der Waals surface area contributed by atoms with Gasteiger partial charge in [0.2, 0.25) is 0 Å². The minimum atomic E-state index is -4.20. The van der Waals surface area contributed by atoms with Gasteiger partial charge in [0.05, 0.1) is 12.7 Å². The first kappa shape index (κ1) is 16.2. The number of benzene rings is 1. The van der Waals surface area contributed by atoms with Crippen LogP contribution in [0.15, 0.2) is 24.3 Å². The fraction of sp³-hybridized carbons (Fsp3) is 0.500. The number of aliphatic hydroxyl groups excluding tert-OH is 1. The molecule has 2 nitrogen and oxygen atoms in total. The summed E-state index contributed by atoms with van der Waals surface area (Å²) in [6.45, 7) is -1.89. The molecule has 0 saturated heterocycles. The Labute approximate surface area is 112 Å². The zero-order chi connectivity index (χ0) is 14.5. The van der Waals surface area contributed by atoms with Crippen molar-refractivity contribution < 1.29 is 27.4 Å². The van der Waals surface area contributed by atoms with Crippen molar-refractivity contribution in [3.63, 3.8) is 0 Å². The van der Waals surface area contributed by atoms with Crippen molar-refractivity contribution in [2.24, 2.45) is 0 Å². The highest BCUT2D eigenvalue weighted by Crippen LogP contribution is 2.23. The molecule has 0 fully saturated rings. The summed E-state index contributed by atoms with van der Waals surface area (Å²) in [5, 5.41) is 9.98. The molecule has 0 amide bonds. The molecule has 1 aromatic rings. The van der Waals surface area contributed by atoms with E-state index in [9.17, 15) is 22.7 Å². The molecule has 0 radical (unpaired) electrons. The Morgan fingerprint density at radius 3 is 2.47 bits per heavy atom. The monoisotopic (exact) mass is 300 g/mol. The summed E-state index contributed by atoms with van der Waals surface area (Å²) in [6, 6.07) is 6.70. The van der Waals surface area contributed by atoms with Crippen LogP contribution in [0.25, 0.3) is 0 Å². The highest BCUT2D eigenvalue weighted by Gasteiger charge is 2.41. The second-order valence-electron chi connectivity index (χ2n) is 4.03. The standard InChI is InChI=1S/C12H13ClF4O2/c13-10-4-2-1-3-8(10)5-9(18)6-19-7-12(16,17)11(14)15/h1-4,9,11,18H,5-7H2. The van der Waals surface area contributed by atoms with E-state index in [4.69, 9.17) is 11.6 Å². The molecule has 7 heteroatoms. The lowest BCUT2D eigenvalue weighted by Crippen LogP contribution is -2.34. The van der Waals surface area contributed by atoms with Crippen LogP contribution < -0.4 is 0 Å². The van der Waals surface area contributed by atoms with Crippen molar-refractivity contribution >= 4 is 11.6 Å². The van der Waals surface area contributed by atoms with Gasteiger partial charge in [-0.2, -0.15) is 8.78 Å². The lowest BCUT2D eigenvalue weighted by Gasteiger charge is -2.17. The van der Waals surface area contributed by atoms with Gasteiger partial charge in [-0.1, -0.05) is 29.8 Å². The number of rotatable bonds is 7. The Morgan fingerprint density at radius 2 is 1.89 bits per heavy atom. The van der Waals surface area contributed by atoms with Gasteiger partial charge in [0.25, 0.3) is 0 Å². The molecule has 0 aromatic heterocycles. The van der Waals surface area contributed by atoms with E-state index in [1.165, 1.54) is 0 Å². The van der Waals surface area contributed by atoms with Gasteiger partial charge in [0.1, 0.15) is 6.61 Å². The summed E-state index contributed by atoms with van der Waals surface area (Å²) in [4.78, 5) is 0. The summed E-state index contributed by atoms with van der Waals surface area (Å²) in [6.07, 6.45) is -4.78. The molecule has 19 heavy (non-hydrogen) atoms. The molecule has 1 unspecified atom stereocenters. The molecule has 1 aromatic carbocycles. The summed E-state index contributed by atoms with van der Waals surface area (Å²) in [5.41, 5.74) is 0.626. The van der Waals surface area contributed by atoms with E-state index in [1.54, 1.807) is 24.3 Å². The Balaban J connectivity index is 2.37. The average molecular weight is 301 g/mol.